The molecule has 0 saturated carbocycles. The van der Waals surface area contributed by atoms with Crippen molar-refractivity contribution >= 4 is 5.91 Å². The quantitative estimate of drug-likeness (QED) is 0.0421. The molecule has 0 radical (unpaired) electrons. The zero-order valence-electron chi connectivity index (χ0n) is 41.6. The number of aliphatic hydroxyl groups is 2. The van der Waals surface area contributed by atoms with E-state index in [0.717, 1.165) is 51.4 Å². The van der Waals surface area contributed by atoms with Crippen LogP contribution < -0.4 is 5.32 Å². The Morgan fingerprint density at radius 1 is 0.403 bits per heavy atom. The molecule has 0 heterocycles. The summed E-state index contributed by atoms with van der Waals surface area (Å²) in [5.41, 5.74) is 0. The fourth-order valence-electron chi connectivity index (χ4n) is 8.35. The van der Waals surface area contributed by atoms with Crippen LogP contribution in [0.25, 0.3) is 0 Å². The Hall–Kier alpha value is -1.91. The van der Waals surface area contributed by atoms with E-state index in [1.165, 1.54) is 212 Å². The highest BCUT2D eigenvalue weighted by Crippen LogP contribution is 2.17. The third-order valence-corrected chi connectivity index (χ3v) is 12.5. The van der Waals surface area contributed by atoms with Crippen LogP contribution in [0.5, 0.6) is 0 Å². The van der Waals surface area contributed by atoms with Crippen molar-refractivity contribution in [1.29, 1.82) is 0 Å². The van der Waals surface area contributed by atoms with Crippen LogP contribution in [0.2, 0.25) is 0 Å². The molecule has 0 aliphatic carbocycles. The molecule has 0 aliphatic heterocycles. The van der Waals surface area contributed by atoms with E-state index in [1.807, 2.05) is 6.08 Å². The van der Waals surface area contributed by atoms with Crippen LogP contribution in [0.4, 0.5) is 0 Å². The Balaban J connectivity index is 3.46. The van der Waals surface area contributed by atoms with E-state index in [2.05, 4.69) is 67.8 Å². The second-order valence-corrected chi connectivity index (χ2v) is 18.6. The summed E-state index contributed by atoms with van der Waals surface area (Å²) in [5, 5.41) is 23.1. The van der Waals surface area contributed by atoms with Gasteiger partial charge in [0.2, 0.25) is 5.91 Å². The Kier molecular flexibility index (Phi) is 51.8. The molecular weight excluding hydrogens is 759 g/mol. The third-order valence-electron chi connectivity index (χ3n) is 12.5. The van der Waals surface area contributed by atoms with Crippen molar-refractivity contribution in [3.63, 3.8) is 0 Å². The molecule has 0 aromatic carbocycles. The van der Waals surface area contributed by atoms with Crippen molar-refractivity contribution in [1.82, 2.24) is 5.32 Å². The normalized spacial score (nSPS) is 13.3. The molecule has 0 rings (SSSR count). The smallest absolute Gasteiger partial charge is 0.220 e. The summed E-state index contributed by atoms with van der Waals surface area (Å²) >= 11 is 0. The van der Waals surface area contributed by atoms with E-state index in [-0.39, 0.29) is 12.5 Å². The summed E-state index contributed by atoms with van der Waals surface area (Å²) in [4.78, 5) is 12.5. The lowest BCUT2D eigenvalue weighted by atomic mass is 10.0. The number of nitrogens with one attached hydrogen (secondary N) is 1. The standard InChI is InChI=1S/C58H107NO3/c1-3-5-7-9-11-13-15-17-19-21-22-23-24-25-26-27-28-29-30-31-32-33-34-35-36-38-40-42-44-46-48-50-52-54-58(62)59-56(55-60)57(61)53-51-49-47-45-43-41-39-37-20-18-16-14-12-10-8-6-4-2/h5,7,11,13,17,19,22-23,51,53,56-57,60-61H,3-4,6,8-10,12,14-16,18,20-21,24-50,52,54-55H2,1-2H3,(H,59,62)/b7-5-,13-11-,19-17-,23-22-,53-51+. The van der Waals surface area contributed by atoms with Crippen LogP contribution in [-0.4, -0.2) is 34.9 Å². The molecule has 4 nitrogen and oxygen atoms in total. The highest BCUT2D eigenvalue weighted by atomic mass is 16.3. The van der Waals surface area contributed by atoms with Gasteiger partial charge in [0, 0.05) is 6.42 Å². The zero-order chi connectivity index (χ0) is 44.9. The average molecular weight is 866 g/mol. The molecule has 2 unspecified atom stereocenters. The highest BCUT2D eigenvalue weighted by molar-refractivity contribution is 5.76. The van der Waals surface area contributed by atoms with Gasteiger partial charge < -0.3 is 15.5 Å². The van der Waals surface area contributed by atoms with Crippen LogP contribution in [-0.2, 0) is 4.79 Å². The van der Waals surface area contributed by atoms with Crippen LogP contribution in [0, 0.1) is 0 Å². The second kappa shape index (κ2) is 53.4. The SMILES string of the molecule is CC/C=C\C/C=C\C/C=C\C/C=C\CCCCCCCCCCCCCCCCCCCCCCC(=O)NC(CO)C(O)/C=C/CCCCCCCCCCCCCCCCC. The number of amides is 1. The molecular formula is C58H107NO3. The van der Waals surface area contributed by atoms with E-state index in [0.29, 0.717) is 6.42 Å². The first-order chi connectivity index (χ1) is 30.7. The molecule has 0 aliphatic rings. The summed E-state index contributed by atoms with van der Waals surface area (Å²) in [6, 6.07) is -0.622. The maximum Gasteiger partial charge on any atom is 0.220 e. The fourth-order valence-corrected chi connectivity index (χ4v) is 8.35. The van der Waals surface area contributed by atoms with E-state index in [9.17, 15) is 15.0 Å². The van der Waals surface area contributed by atoms with E-state index < -0.39 is 12.1 Å². The first kappa shape index (κ1) is 60.1. The zero-order valence-corrected chi connectivity index (χ0v) is 41.6. The van der Waals surface area contributed by atoms with E-state index >= 15 is 0 Å². The minimum absolute atomic E-state index is 0.0608. The first-order valence-corrected chi connectivity index (χ1v) is 27.5. The topological polar surface area (TPSA) is 69.6 Å². The number of carbonyl (C=O) groups excluding carboxylic acids is 1. The summed E-state index contributed by atoms with van der Waals surface area (Å²) < 4.78 is 0. The van der Waals surface area contributed by atoms with E-state index in [4.69, 9.17) is 0 Å². The number of unbranched alkanes of at least 4 members (excludes halogenated alkanes) is 35. The largest absolute Gasteiger partial charge is 0.394 e. The van der Waals surface area contributed by atoms with Crippen molar-refractivity contribution in [2.45, 2.75) is 296 Å². The predicted molar refractivity (Wildman–Crippen MR) is 276 cm³/mol. The number of hydrogen-bond acceptors (Lipinski definition) is 3. The molecule has 2 atom stereocenters. The number of hydrogen-bond donors (Lipinski definition) is 3. The Labute approximate surface area is 387 Å². The van der Waals surface area contributed by atoms with Gasteiger partial charge in [0.25, 0.3) is 0 Å². The second-order valence-electron chi connectivity index (χ2n) is 18.6. The third kappa shape index (κ3) is 49.1. The van der Waals surface area contributed by atoms with Gasteiger partial charge in [-0.05, 0) is 57.8 Å². The molecule has 0 spiro atoms. The summed E-state index contributed by atoms with van der Waals surface area (Å²) in [6.45, 7) is 4.21. The predicted octanol–water partition coefficient (Wildman–Crippen LogP) is 18.0. The lowest BCUT2D eigenvalue weighted by Crippen LogP contribution is -2.45. The molecule has 4 heteroatoms. The molecule has 0 fully saturated rings. The van der Waals surface area contributed by atoms with Crippen LogP contribution in [0.15, 0.2) is 60.8 Å². The van der Waals surface area contributed by atoms with Crippen molar-refractivity contribution in [2.24, 2.45) is 0 Å². The average Bonchev–Trinajstić information content (AvgIpc) is 3.28. The molecule has 362 valence electrons. The van der Waals surface area contributed by atoms with Crippen LogP contribution in [0.3, 0.4) is 0 Å². The summed E-state index contributed by atoms with van der Waals surface area (Å²) in [6.07, 6.45) is 75.2. The first-order valence-electron chi connectivity index (χ1n) is 27.5. The molecule has 1 amide bonds. The van der Waals surface area contributed by atoms with Gasteiger partial charge in [-0.3, -0.25) is 4.79 Å². The van der Waals surface area contributed by atoms with Gasteiger partial charge in [-0.25, -0.2) is 0 Å². The molecule has 0 aromatic rings. The number of aliphatic hydroxyl groups excluding tert-OH is 2. The van der Waals surface area contributed by atoms with Gasteiger partial charge in [-0.2, -0.15) is 0 Å². The minimum atomic E-state index is -0.839. The lowest BCUT2D eigenvalue weighted by Gasteiger charge is -2.20. The maximum atomic E-state index is 12.5. The van der Waals surface area contributed by atoms with Gasteiger partial charge >= 0.3 is 0 Å². The monoisotopic (exact) mass is 866 g/mol. The Morgan fingerprint density at radius 2 is 0.710 bits per heavy atom. The van der Waals surface area contributed by atoms with Gasteiger partial charge in [0.15, 0.2) is 0 Å². The number of carbonyl (C=O) groups is 1. The molecule has 0 saturated heterocycles. The van der Waals surface area contributed by atoms with Gasteiger partial charge in [-0.15, -0.1) is 0 Å². The van der Waals surface area contributed by atoms with Gasteiger partial charge in [0.1, 0.15) is 0 Å². The Morgan fingerprint density at radius 3 is 1.06 bits per heavy atom. The molecule has 3 N–H and O–H groups in total. The highest BCUT2D eigenvalue weighted by Gasteiger charge is 2.18. The van der Waals surface area contributed by atoms with Gasteiger partial charge in [-0.1, -0.05) is 280 Å². The Bertz CT molecular complexity index is 1030. The molecule has 0 bridgehead atoms. The fraction of sp³-hybridized carbons (Fsp3) is 0.810. The summed E-state index contributed by atoms with van der Waals surface area (Å²) in [7, 11) is 0. The number of rotatable bonds is 50. The van der Waals surface area contributed by atoms with Crippen LogP contribution in [0.1, 0.15) is 284 Å². The maximum absolute atomic E-state index is 12.5. The van der Waals surface area contributed by atoms with Crippen molar-refractivity contribution in [3.8, 4) is 0 Å². The minimum Gasteiger partial charge on any atom is -0.394 e. The molecule has 62 heavy (non-hydrogen) atoms. The molecule has 0 aromatic heterocycles. The van der Waals surface area contributed by atoms with Crippen molar-refractivity contribution in [2.75, 3.05) is 6.61 Å². The van der Waals surface area contributed by atoms with Crippen LogP contribution >= 0.6 is 0 Å². The number of allylic oxidation sites excluding steroid dienone is 9. The van der Waals surface area contributed by atoms with Gasteiger partial charge in [0.05, 0.1) is 18.8 Å². The summed E-state index contributed by atoms with van der Waals surface area (Å²) in [5.74, 6) is -0.0608. The van der Waals surface area contributed by atoms with E-state index in [1.54, 1.807) is 6.08 Å². The van der Waals surface area contributed by atoms with Crippen molar-refractivity contribution < 1.29 is 15.0 Å². The van der Waals surface area contributed by atoms with Crippen molar-refractivity contribution in [3.05, 3.63) is 60.8 Å². The lowest BCUT2D eigenvalue weighted by molar-refractivity contribution is -0.123.